The summed E-state index contributed by atoms with van der Waals surface area (Å²) in [5.41, 5.74) is 1.52. The van der Waals surface area contributed by atoms with Crippen LogP contribution in [0.1, 0.15) is 39.3 Å². The Labute approximate surface area is 85.7 Å². The highest BCUT2D eigenvalue weighted by Crippen LogP contribution is 2.45. The maximum atomic E-state index is 4.43. The minimum atomic E-state index is 0.161. The molecule has 1 aromatic heterocycles. The summed E-state index contributed by atoms with van der Waals surface area (Å²) in [5.74, 6) is 0. The van der Waals surface area contributed by atoms with Gasteiger partial charge < -0.3 is 5.32 Å². The van der Waals surface area contributed by atoms with E-state index < -0.39 is 0 Å². The summed E-state index contributed by atoms with van der Waals surface area (Å²) in [6.07, 6.45) is 4.29. The minimum Gasteiger partial charge on any atom is -0.301 e. The minimum absolute atomic E-state index is 0.161. The number of nitrogens with one attached hydrogen (secondary N) is 1. The predicted octanol–water partition coefficient (Wildman–Crippen LogP) is 2.46. The molecule has 0 atom stereocenters. The lowest BCUT2D eigenvalue weighted by Crippen LogP contribution is -2.44. The second-order valence-electron chi connectivity index (χ2n) is 5.17. The van der Waals surface area contributed by atoms with Crippen molar-refractivity contribution in [3.63, 3.8) is 0 Å². The van der Waals surface area contributed by atoms with Crippen LogP contribution in [0.5, 0.6) is 0 Å². The molecule has 1 fully saturated rings. The van der Waals surface area contributed by atoms with E-state index in [2.05, 4.69) is 43.2 Å². The molecule has 1 aliphatic carbocycles. The van der Waals surface area contributed by atoms with Crippen LogP contribution in [0.15, 0.2) is 24.4 Å². The third-order valence-corrected chi connectivity index (χ3v) is 2.52. The summed E-state index contributed by atoms with van der Waals surface area (Å²) in [6.45, 7) is 6.61. The number of aromatic nitrogens is 1. The zero-order valence-electron chi connectivity index (χ0n) is 9.17. The van der Waals surface area contributed by atoms with Gasteiger partial charge in [0.1, 0.15) is 0 Å². The van der Waals surface area contributed by atoms with Crippen molar-refractivity contribution in [2.24, 2.45) is 0 Å². The molecule has 1 saturated carbocycles. The molecule has 0 amide bonds. The summed E-state index contributed by atoms with van der Waals surface area (Å²) in [6, 6.07) is 6.15. The van der Waals surface area contributed by atoms with Gasteiger partial charge in [0.15, 0.2) is 0 Å². The van der Waals surface area contributed by atoms with Gasteiger partial charge in [0.25, 0.3) is 0 Å². The Balaban J connectivity index is 2.18. The van der Waals surface area contributed by atoms with Crippen LogP contribution < -0.4 is 5.32 Å². The quantitative estimate of drug-likeness (QED) is 0.775. The normalized spacial score (nSPS) is 19.4. The first kappa shape index (κ1) is 9.66. The van der Waals surface area contributed by atoms with Gasteiger partial charge in [-0.05, 0) is 45.7 Å². The molecule has 1 aromatic rings. The van der Waals surface area contributed by atoms with Gasteiger partial charge in [-0.2, -0.15) is 0 Å². The van der Waals surface area contributed by atoms with E-state index in [1.165, 1.54) is 18.5 Å². The van der Waals surface area contributed by atoms with Crippen LogP contribution in [0, 0.1) is 0 Å². The van der Waals surface area contributed by atoms with Crippen molar-refractivity contribution in [2.45, 2.75) is 44.7 Å². The third-order valence-electron chi connectivity index (χ3n) is 2.52. The first-order chi connectivity index (χ1) is 6.52. The Hall–Kier alpha value is -0.890. The Morgan fingerprint density at radius 1 is 1.29 bits per heavy atom. The van der Waals surface area contributed by atoms with E-state index in [0.29, 0.717) is 0 Å². The topological polar surface area (TPSA) is 24.9 Å². The van der Waals surface area contributed by atoms with Crippen molar-refractivity contribution in [1.82, 2.24) is 10.3 Å². The second-order valence-corrected chi connectivity index (χ2v) is 5.17. The Morgan fingerprint density at radius 3 is 2.43 bits per heavy atom. The highest BCUT2D eigenvalue weighted by atomic mass is 15.1. The van der Waals surface area contributed by atoms with Gasteiger partial charge in [-0.3, -0.25) is 4.98 Å². The number of rotatable bonds is 2. The molecule has 2 heteroatoms. The molecule has 0 radical (unpaired) electrons. The highest BCUT2D eigenvalue weighted by Gasteiger charge is 2.47. The van der Waals surface area contributed by atoms with Crippen molar-refractivity contribution >= 4 is 0 Å². The van der Waals surface area contributed by atoms with Gasteiger partial charge in [-0.1, -0.05) is 6.07 Å². The van der Waals surface area contributed by atoms with E-state index >= 15 is 0 Å². The zero-order valence-corrected chi connectivity index (χ0v) is 9.17. The number of hydrogen-bond donors (Lipinski definition) is 1. The Bertz CT molecular complexity index is 307. The van der Waals surface area contributed by atoms with Crippen LogP contribution in [-0.2, 0) is 5.54 Å². The molecule has 76 valence electrons. The first-order valence-electron chi connectivity index (χ1n) is 5.23. The van der Waals surface area contributed by atoms with Gasteiger partial charge in [-0.15, -0.1) is 0 Å². The van der Waals surface area contributed by atoms with Gasteiger partial charge in [0, 0.05) is 11.7 Å². The summed E-state index contributed by atoms with van der Waals surface area (Å²) in [4.78, 5) is 4.43. The molecule has 1 N–H and O–H groups in total. The average Bonchev–Trinajstić information content (AvgIpc) is 2.85. The van der Waals surface area contributed by atoms with Crippen molar-refractivity contribution in [1.29, 1.82) is 0 Å². The number of nitrogens with zero attached hydrogens (tertiary/aromatic N) is 1. The fourth-order valence-corrected chi connectivity index (χ4v) is 1.93. The number of pyridine rings is 1. The van der Waals surface area contributed by atoms with Crippen LogP contribution in [0.3, 0.4) is 0 Å². The summed E-state index contributed by atoms with van der Waals surface area (Å²) in [7, 11) is 0. The molecule has 1 aliphatic rings. The van der Waals surface area contributed by atoms with E-state index in [-0.39, 0.29) is 11.1 Å². The standard InChI is InChI=1S/C12H18N2/c1-11(2,3)14-12(7-8-12)10-6-4-5-9-13-10/h4-6,9,14H,7-8H2,1-3H3. The van der Waals surface area contributed by atoms with Crippen molar-refractivity contribution in [2.75, 3.05) is 0 Å². The fraction of sp³-hybridized carbons (Fsp3) is 0.583. The maximum Gasteiger partial charge on any atom is 0.0614 e. The first-order valence-corrected chi connectivity index (χ1v) is 5.23. The SMILES string of the molecule is CC(C)(C)NC1(c2ccccn2)CC1. The molecule has 0 aromatic carbocycles. The molecule has 0 aliphatic heterocycles. The monoisotopic (exact) mass is 190 g/mol. The molecule has 14 heavy (non-hydrogen) atoms. The van der Waals surface area contributed by atoms with Crippen LogP contribution in [0.2, 0.25) is 0 Å². The molecular formula is C12H18N2. The molecular weight excluding hydrogens is 172 g/mol. The fourth-order valence-electron chi connectivity index (χ4n) is 1.93. The average molecular weight is 190 g/mol. The van der Waals surface area contributed by atoms with Crippen molar-refractivity contribution in [3.05, 3.63) is 30.1 Å². The van der Waals surface area contributed by atoms with Crippen LogP contribution in [0.25, 0.3) is 0 Å². The van der Waals surface area contributed by atoms with Gasteiger partial charge in [-0.25, -0.2) is 0 Å². The highest BCUT2D eigenvalue weighted by molar-refractivity contribution is 5.23. The van der Waals surface area contributed by atoms with Gasteiger partial charge >= 0.3 is 0 Å². The molecule has 2 rings (SSSR count). The predicted molar refractivity (Wildman–Crippen MR) is 58.0 cm³/mol. The van der Waals surface area contributed by atoms with Crippen LogP contribution in [-0.4, -0.2) is 10.5 Å². The molecule has 0 saturated heterocycles. The van der Waals surface area contributed by atoms with E-state index in [0.717, 1.165) is 0 Å². The van der Waals surface area contributed by atoms with E-state index in [9.17, 15) is 0 Å². The lowest BCUT2D eigenvalue weighted by atomic mass is 10.0. The van der Waals surface area contributed by atoms with E-state index in [1.54, 1.807) is 0 Å². The lowest BCUT2D eigenvalue weighted by Gasteiger charge is -2.28. The second kappa shape index (κ2) is 3.06. The maximum absolute atomic E-state index is 4.43. The van der Waals surface area contributed by atoms with Gasteiger partial charge in [0.05, 0.1) is 11.2 Å². The summed E-state index contributed by atoms with van der Waals surface area (Å²) in [5, 5.41) is 3.66. The molecule has 0 unspecified atom stereocenters. The van der Waals surface area contributed by atoms with E-state index in [4.69, 9.17) is 0 Å². The molecule has 2 nitrogen and oxygen atoms in total. The summed E-state index contributed by atoms with van der Waals surface area (Å²) < 4.78 is 0. The summed E-state index contributed by atoms with van der Waals surface area (Å²) >= 11 is 0. The van der Waals surface area contributed by atoms with Crippen LogP contribution >= 0.6 is 0 Å². The molecule has 1 heterocycles. The molecule has 0 spiro atoms. The zero-order chi connectivity index (χ0) is 10.2. The van der Waals surface area contributed by atoms with Gasteiger partial charge in [0.2, 0.25) is 0 Å². The van der Waals surface area contributed by atoms with Crippen molar-refractivity contribution in [3.8, 4) is 0 Å². The smallest absolute Gasteiger partial charge is 0.0614 e. The largest absolute Gasteiger partial charge is 0.301 e. The third kappa shape index (κ3) is 1.95. The van der Waals surface area contributed by atoms with E-state index in [1.807, 2.05) is 12.3 Å². The molecule has 0 bridgehead atoms. The van der Waals surface area contributed by atoms with Crippen LogP contribution in [0.4, 0.5) is 0 Å². The van der Waals surface area contributed by atoms with Crippen molar-refractivity contribution < 1.29 is 0 Å². The lowest BCUT2D eigenvalue weighted by molar-refractivity contribution is 0.344. The Morgan fingerprint density at radius 2 is 2.00 bits per heavy atom. The number of hydrogen-bond acceptors (Lipinski definition) is 2. The Kier molecular flexibility index (Phi) is 2.11.